The van der Waals surface area contributed by atoms with E-state index in [2.05, 4.69) is 10.3 Å². The summed E-state index contributed by atoms with van der Waals surface area (Å²) in [5, 5.41) is 2.80. The molecule has 6 nitrogen and oxygen atoms in total. The van der Waals surface area contributed by atoms with E-state index in [4.69, 9.17) is 9.47 Å². The number of fused-ring (bicyclic) bond motifs is 1. The summed E-state index contributed by atoms with van der Waals surface area (Å²) in [7, 11) is 0. The molecule has 0 spiro atoms. The molecule has 130 valence electrons. The van der Waals surface area contributed by atoms with Crippen molar-refractivity contribution >= 4 is 11.9 Å². The lowest BCUT2D eigenvalue weighted by atomic mass is 9.98. The third-order valence-corrected chi connectivity index (χ3v) is 3.83. The van der Waals surface area contributed by atoms with Crippen LogP contribution in [0, 0.1) is 0 Å². The summed E-state index contributed by atoms with van der Waals surface area (Å²) in [6.45, 7) is 4.08. The van der Waals surface area contributed by atoms with E-state index in [9.17, 15) is 9.59 Å². The summed E-state index contributed by atoms with van der Waals surface area (Å²) >= 11 is 0. The molecule has 1 aromatic heterocycles. The van der Waals surface area contributed by atoms with Gasteiger partial charge in [0.05, 0.1) is 11.7 Å². The number of nitrogens with one attached hydrogen (secondary N) is 1. The highest BCUT2D eigenvalue weighted by Gasteiger charge is 2.30. The molecule has 0 unspecified atom stereocenters. The van der Waals surface area contributed by atoms with Gasteiger partial charge in [0.25, 0.3) is 5.91 Å². The van der Waals surface area contributed by atoms with Crippen molar-refractivity contribution in [2.45, 2.75) is 39.0 Å². The van der Waals surface area contributed by atoms with Crippen LogP contribution in [0.15, 0.2) is 42.6 Å². The van der Waals surface area contributed by atoms with Gasteiger partial charge in [-0.25, -0.2) is 9.78 Å². The monoisotopic (exact) mass is 340 g/mol. The van der Waals surface area contributed by atoms with E-state index in [0.29, 0.717) is 17.9 Å². The van der Waals surface area contributed by atoms with E-state index in [0.717, 1.165) is 11.1 Å². The molecule has 25 heavy (non-hydrogen) atoms. The molecule has 0 saturated carbocycles. The normalized spacial score (nSPS) is 16.1. The van der Waals surface area contributed by atoms with E-state index in [1.165, 1.54) is 0 Å². The van der Waals surface area contributed by atoms with Crippen molar-refractivity contribution in [3.63, 3.8) is 0 Å². The van der Waals surface area contributed by atoms with Crippen LogP contribution in [0.25, 0.3) is 0 Å². The van der Waals surface area contributed by atoms with Crippen LogP contribution in [0.4, 0.5) is 0 Å². The number of benzene rings is 1. The summed E-state index contributed by atoms with van der Waals surface area (Å²) in [6.07, 6.45) is 1.17. The molecular weight excluding hydrogens is 320 g/mol. The van der Waals surface area contributed by atoms with Gasteiger partial charge in [-0.15, -0.1) is 0 Å². The summed E-state index contributed by atoms with van der Waals surface area (Å²) in [6, 6.07) is 10.8. The van der Waals surface area contributed by atoms with Crippen molar-refractivity contribution in [2.75, 3.05) is 0 Å². The SMILES string of the molecule is CC(C)Oc1ncccc1CNC(=O)[C@H]1Cc2ccccc2C(=O)O1. The molecule has 0 aliphatic carbocycles. The minimum absolute atomic E-state index is 0.0137. The molecule has 1 amide bonds. The molecule has 1 aromatic carbocycles. The zero-order valence-corrected chi connectivity index (χ0v) is 14.2. The van der Waals surface area contributed by atoms with Gasteiger partial charge < -0.3 is 14.8 Å². The fourth-order valence-corrected chi connectivity index (χ4v) is 2.66. The molecule has 0 radical (unpaired) electrons. The van der Waals surface area contributed by atoms with Crippen molar-refractivity contribution in [1.29, 1.82) is 0 Å². The minimum atomic E-state index is -0.825. The summed E-state index contributed by atoms with van der Waals surface area (Å²) in [4.78, 5) is 28.6. The van der Waals surface area contributed by atoms with Gasteiger partial charge in [0.2, 0.25) is 5.88 Å². The zero-order valence-electron chi connectivity index (χ0n) is 14.2. The second-order valence-electron chi connectivity index (χ2n) is 6.11. The highest BCUT2D eigenvalue weighted by Crippen LogP contribution is 2.21. The fourth-order valence-electron chi connectivity index (χ4n) is 2.66. The summed E-state index contributed by atoms with van der Waals surface area (Å²) in [5.41, 5.74) is 2.11. The maximum absolute atomic E-state index is 12.4. The molecule has 1 aliphatic heterocycles. The average molecular weight is 340 g/mol. The van der Waals surface area contributed by atoms with Crippen molar-refractivity contribution in [2.24, 2.45) is 0 Å². The average Bonchev–Trinajstić information content (AvgIpc) is 2.60. The first-order chi connectivity index (χ1) is 12.0. The second kappa shape index (κ2) is 7.34. The molecule has 0 bridgehead atoms. The Kier molecular flexibility index (Phi) is 4.97. The topological polar surface area (TPSA) is 77.5 Å². The molecular formula is C19H20N2O4. The summed E-state index contributed by atoms with van der Waals surface area (Å²) < 4.78 is 10.9. The number of esters is 1. The smallest absolute Gasteiger partial charge is 0.339 e. The molecule has 2 heterocycles. The Morgan fingerprint density at radius 1 is 1.32 bits per heavy atom. The predicted octanol–water partition coefficient (Wildman–Crippen LogP) is 2.27. The van der Waals surface area contributed by atoms with Gasteiger partial charge in [0, 0.05) is 24.7 Å². The number of hydrogen-bond donors (Lipinski definition) is 1. The highest BCUT2D eigenvalue weighted by atomic mass is 16.5. The number of amides is 1. The second-order valence-corrected chi connectivity index (χ2v) is 6.11. The van der Waals surface area contributed by atoms with E-state index in [1.54, 1.807) is 24.4 Å². The Hall–Kier alpha value is -2.89. The number of aromatic nitrogens is 1. The number of ether oxygens (including phenoxy) is 2. The van der Waals surface area contributed by atoms with Crippen molar-refractivity contribution in [1.82, 2.24) is 10.3 Å². The van der Waals surface area contributed by atoms with Gasteiger partial charge in [-0.1, -0.05) is 24.3 Å². The van der Waals surface area contributed by atoms with Gasteiger partial charge >= 0.3 is 5.97 Å². The van der Waals surface area contributed by atoms with Gasteiger partial charge in [-0.2, -0.15) is 0 Å². The van der Waals surface area contributed by atoms with E-state index >= 15 is 0 Å². The lowest BCUT2D eigenvalue weighted by Crippen LogP contribution is -2.41. The Morgan fingerprint density at radius 2 is 2.12 bits per heavy atom. The largest absolute Gasteiger partial charge is 0.475 e. The van der Waals surface area contributed by atoms with E-state index in [1.807, 2.05) is 32.0 Å². The fraction of sp³-hybridized carbons (Fsp3) is 0.316. The summed E-state index contributed by atoms with van der Waals surface area (Å²) in [5.74, 6) is -0.307. The number of hydrogen-bond acceptors (Lipinski definition) is 5. The highest BCUT2D eigenvalue weighted by molar-refractivity contribution is 5.95. The minimum Gasteiger partial charge on any atom is -0.475 e. The van der Waals surface area contributed by atoms with Crippen LogP contribution in [-0.2, 0) is 22.5 Å². The first-order valence-corrected chi connectivity index (χ1v) is 8.21. The molecule has 2 aromatic rings. The van der Waals surface area contributed by atoms with Crippen molar-refractivity contribution < 1.29 is 19.1 Å². The molecule has 1 atom stereocenters. The molecule has 0 saturated heterocycles. The predicted molar refractivity (Wildman–Crippen MR) is 91.2 cm³/mol. The van der Waals surface area contributed by atoms with E-state index < -0.39 is 12.1 Å². The van der Waals surface area contributed by atoms with Gasteiger partial charge in [0.15, 0.2) is 6.10 Å². The quantitative estimate of drug-likeness (QED) is 0.845. The Labute approximate surface area is 146 Å². The Bertz CT molecular complexity index is 788. The van der Waals surface area contributed by atoms with Crippen molar-refractivity contribution in [3.05, 3.63) is 59.3 Å². The number of carbonyl (C=O) groups is 2. The Balaban J connectivity index is 1.65. The number of nitrogens with zero attached hydrogens (tertiary/aromatic N) is 1. The third-order valence-electron chi connectivity index (χ3n) is 3.83. The number of pyridine rings is 1. The molecule has 6 heteroatoms. The van der Waals surface area contributed by atoms with Crippen LogP contribution in [0.5, 0.6) is 5.88 Å². The molecule has 1 aliphatic rings. The number of cyclic esters (lactones) is 1. The van der Waals surface area contributed by atoms with Gasteiger partial charge in [-0.05, 0) is 31.5 Å². The van der Waals surface area contributed by atoms with E-state index in [-0.39, 0.29) is 18.6 Å². The van der Waals surface area contributed by atoms with Crippen LogP contribution in [-0.4, -0.2) is 29.1 Å². The van der Waals surface area contributed by atoms with Crippen LogP contribution in [0.1, 0.15) is 35.3 Å². The van der Waals surface area contributed by atoms with Crippen LogP contribution in [0.2, 0.25) is 0 Å². The molecule has 0 fully saturated rings. The number of rotatable bonds is 5. The Morgan fingerprint density at radius 3 is 2.92 bits per heavy atom. The first-order valence-electron chi connectivity index (χ1n) is 8.21. The van der Waals surface area contributed by atoms with Gasteiger partial charge in [-0.3, -0.25) is 4.79 Å². The third kappa shape index (κ3) is 3.96. The first kappa shape index (κ1) is 17.0. The number of carbonyl (C=O) groups excluding carboxylic acids is 2. The van der Waals surface area contributed by atoms with Crippen molar-refractivity contribution in [3.8, 4) is 5.88 Å². The maximum atomic E-state index is 12.4. The standard InChI is InChI=1S/C19H20N2O4/c1-12(2)24-18-14(7-5-9-20-18)11-21-17(22)16-10-13-6-3-4-8-15(13)19(23)25-16/h3-9,12,16H,10-11H2,1-2H3,(H,21,22)/t16-/m1/s1. The van der Waals surface area contributed by atoms with Crippen LogP contribution < -0.4 is 10.1 Å². The molecule has 3 rings (SSSR count). The lowest BCUT2D eigenvalue weighted by Gasteiger charge is -2.24. The maximum Gasteiger partial charge on any atom is 0.339 e. The molecule has 1 N–H and O–H groups in total. The zero-order chi connectivity index (χ0) is 17.8. The van der Waals surface area contributed by atoms with Crippen LogP contribution >= 0.6 is 0 Å². The lowest BCUT2D eigenvalue weighted by molar-refractivity contribution is -0.130. The van der Waals surface area contributed by atoms with Crippen LogP contribution in [0.3, 0.4) is 0 Å². The van der Waals surface area contributed by atoms with Gasteiger partial charge in [0.1, 0.15) is 0 Å².